The van der Waals surface area contributed by atoms with E-state index in [1.807, 2.05) is 0 Å². The molecule has 1 aliphatic carbocycles. The fourth-order valence-corrected chi connectivity index (χ4v) is 3.55. The Morgan fingerprint density at radius 2 is 1.72 bits per heavy atom. The van der Waals surface area contributed by atoms with Crippen LogP contribution < -0.4 is 5.73 Å². The zero-order chi connectivity index (χ0) is 13.3. The van der Waals surface area contributed by atoms with Crippen molar-refractivity contribution in [1.29, 1.82) is 0 Å². The summed E-state index contributed by atoms with van der Waals surface area (Å²) < 4.78 is 0. The van der Waals surface area contributed by atoms with Crippen LogP contribution in [-0.2, 0) is 6.42 Å². The number of benzene rings is 1. The molecule has 1 saturated carbocycles. The lowest BCUT2D eigenvalue weighted by Crippen LogP contribution is -2.37. The molecule has 0 aliphatic heterocycles. The molecule has 0 heterocycles. The smallest absolute Gasteiger partial charge is 0.00705 e. The van der Waals surface area contributed by atoms with E-state index in [-0.39, 0.29) is 0 Å². The summed E-state index contributed by atoms with van der Waals surface area (Å²) in [5.74, 6) is 1.52. The zero-order valence-electron chi connectivity index (χ0n) is 12.3. The molecule has 0 amide bonds. The average molecular weight is 245 g/mol. The third-order valence-electron chi connectivity index (χ3n) is 4.61. The molecule has 1 aliphatic rings. The molecule has 3 unspecified atom stereocenters. The summed E-state index contributed by atoms with van der Waals surface area (Å²) >= 11 is 0. The van der Waals surface area contributed by atoms with E-state index in [4.69, 9.17) is 5.73 Å². The van der Waals surface area contributed by atoms with Crippen LogP contribution in [0, 0.1) is 32.6 Å². The van der Waals surface area contributed by atoms with Gasteiger partial charge in [0.2, 0.25) is 0 Å². The molecule has 1 aromatic rings. The second-order valence-corrected chi connectivity index (χ2v) is 6.42. The van der Waals surface area contributed by atoms with E-state index in [0.717, 1.165) is 5.92 Å². The average Bonchev–Trinajstić information content (AvgIpc) is 2.28. The second-order valence-electron chi connectivity index (χ2n) is 6.42. The Kier molecular flexibility index (Phi) is 4.11. The molecule has 2 N–H and O–H groups in total. The topological polar surface area (TPSA) is 26.0 Å². The molecule has 0 radical (unpaired) electrons. The Labute approximate surface area is 112 Å². The predicted molar refractivity (Wildman–Crippen MR) is 78.8 cm³/mol. The molecule has 100 valence electrons. The highest BCUT2D eigenvalue weighted by Gasteiger charge is 2.26. The Hall–Kier alpha value is -0.820. The third kappa shape index (κ3) is 2.95. The molecule has 1 nitrogen and oxygen atoms in total. The van der Waals surface area contributed by atoms with Crippen LogP contribution >= 0.6 is 0 Å². The van der Waals surface area contributed by atoms with E-state index in [2.05, 4.69) is 39.8 Å². The fraction of sp³-hybridized carbons (Fsp3) is 0.647. The van der Waals surface area contributed by atoms with Crippen molar-refractivity contribution in [2.75, 3.05) is 0 Å². The summed E-state index contributed by atoms with van der Waals surface area (Å²) in [6, 6.07) is 5.02. The maximum Gasteiger partial charge on any atom is 0.00705 e. The first-order chi connectivity index (χ1) is 8.47. The number of aryl methyl sites for hydroxylation is 3. The van der Waals surface area contributed by atoms with Gasteiger partial charge < -0.3 is 5.73 Å². The standard InChI is InChI=1S/C17H27N/c1-11-5-6-17(18)15(9-11)10-16-13(3)7-12(2)8-14(16)4/h7-8,11,15,17H,5-6,9-10,18H2,1-4H3. The monoisotopic (exact) mass is 245 g/mol. The van der Waals surface area contributed by atoms with Crippen LogP contribution in [0.15, 0.2) is 12.1 Å². The van der Waals surface area contributed by atoms with Gasteiger partial charge in [0.1, 0.15) is 0 Å². The highest BCUT2D eigenvalue weighted by atomic mass is 14.7. The molecular formula is C17H27N. The van der Waals surface area contributed by atoms with Crippen molar-refractivity contribution in [2.45, 2.75) is 59.4 Å². The van der Waals surface area contributed by atoms with Crippen LogP contribution in [0.5, 0.6) is 0 Å². The predicted octanol–water partition coefficient (Wildman–Crippen LogP) is 3.92. The Balaban J connectivity index is 2.18. The van der Waals surface area contributed by atoms with Gasteiger partial charge in [-0.05, 0) is 75.0 Å². The maximum absolute atomic E-state index is 6.32. The van der Waals surface area contributed by atoms with E-state index in [9.17, 15) is 0 Å². The SMILES string of the molecule is Cc1cc(C)c(CC2CC(C)CCC2N)c(C)c1. The van der Waals surface area contributed by atoms with Gasteiger partial charge in [-0.1, -0.05) is 24.6 Å². The van der Waals surface area contributed by atoms with Gasteiger partial charge in [0.15, 0.2) is 0 Å². The van der Waals surface area contributed by atoms with Gasteiger partial charge in [-0.25, -0.2) is 0 Å². The molecular weight excluding hydrogens is 218 g/mol. The van der Waals surface area contributed by atoms with Crippen molar-refractivity contribution in [2.24, 2.45) is 17.6 Å². The molecule has 1 fully saturated rings. The lowest BCUT2D eigenvalue weighted by Gasteiger charge is -2.33. The molecule has 1 aromatic carbocycles. The van der Waals surface area contributed by atoms with Crippen LogP contribution in [0.25, 0.3) is 0 Å². The van der Waals surface area contributed by atoms with Crippen molar-refractivity contribution >= 4 is 0 Å². The summed E-state index contributed by atoms with van der Waals surface area (Å²) in [4.78, 5) is 0. The molecule has 0 aromatic heterocycles. The van der Waals surface area contributed by atoms with E-state index < -0.39 is 0 Å². The third-order valence-corrected chi connectivity index (χ3v) is 4.61. The highest BCUT2D eigenvalue weighted by Crippen LogP contribution is 2.32. The maximum atomic E-state index is 6.32. The van der Waals surface area contributed by atoms with Crippen LogP contribution in [0.4, 0.5) is 0 Å². The van der Waals surface area contributed by atoms with Gasteiger partial charge >= 0.3 is 0 Å². The molecule has 0 spiro atoms. The Morgan fingerprint density at radius 1 is 1.11 bits per heavy atom. The zero-order valence-corrected chi connectivity index (χ0v) is 12.3. The Bertz CT molecular complexity index is 399. The van der Waals surface area contributed by atoms with Crippen molar-refractivity contribution in [3.8, 4) is 0 Å². The Morgan fingerprint density at radius 3 is 2.33 bits per heavy atom. The van der Waals surface area contributed by atoms with Crippen molar-refractivity contribution in [3.05, 3.63) is 34.4 Å². The van der Waals surface area contributed by atoms with E-state index in [0.29, 0.717) is 12.0 Å². The van der Waals surface area contributed by atoms with Gasteiger partial charge in [-0.2, -0.15) is 0 Å². The quantitative estimate of drug-likeness (QED) is 0.839. The van der Waals surface area contributed by atoms with Crippen molar-refractivity contribution in [3.63, 3.8) is 0 Å². The number of hydrogen-bond acceptors (Lipinski definition) is 1. The summed E-state index contributed by atoms with van der Waals surface area (Å²) in [5.41, 5.74) is 12.1. The molecule has 1 heteroatoms. The summed E-state index contributed by atoms with van der Waals surface area (Å²) in [6.07, 6.45) is 4.98. The molecule has 18 heavy (non-hydrogen) atoms. The first kappa shape index (κ1) is 13.6. The van der Waals surface area contributed by atoms with E-state index >= 15 is 0 Å². The fourth-order valence-electron chi connectivity index (χ4n) is 3.55. The second kappa shape index (κ2) is 5.44. The van der Waals surface area contributed by atoms with Crippen LogP contribution in [-0.4, -0.2) is 6.04 Å². The minimum Gasteiger partial charge on any atom is -0.327 e. The van der Waals surface area contributed by atoms with Crippen molar-refractivity contribution < 1.29 is 0 Å². The lowest BCUT2D eigenvalue weighted by atomic mass is 9.75. The first-order valence-corrected chi connectivity index (χ1v) is 7.29. The van der Waals surface area contributed by atoms with Gasteiger partial charge in [-0.15, -0.1) is 0 Å². The number of nitrogens with two attached hydrogens (primary N) is 1. The van der Waals surface area contributed by atoms with Crippen LogP contribution in [0.1, 0.15) is 48.4 Å². The van der Waals surface area contributed by atoms with Gasteiger partial charge in [0, 0.05) is 6.04 Å². The lowest BCUT2D eigenvalue weighted by molar-refractivity contribution is 0.244. The van der Waals surface area contributed by atoms with Gasteiger partial charge in [0.05, 0.1) is 0 Å². The molecule has 3 atom stereocenters. The summed E-state index contributed by atoms with van der Waals surface area (Å²) in [6.45, 7) is 9.03. The molecule has 0 bridgehead atoms. The normalized spacial score (nSPS) is 28.4. The number of rotatable bonds is 2. The van der Waals surface area contributed by atoms with Gasteiger partial charge in [-0.3, -0.25) is 0 Å². The minimum atomic E-state index is 0.404. The van der Waals surface area contributed by atoms with E-state index in [1.54, 1.807) is 0 Å². The first-order valence-electron chi connectivity index (χ1n) is 7.29. The highest BCUT2D eigenvalue weighted by molar-refractivity contribution is 5.37. The minimum absolute atomic E-state index is 0.404. The molecule has 2 rings (SSSR count). The van der Waals surface area contributed by atoms with Crippen molar-refractivity contribution in [1.82, 2.24) is 0 Å². The molecule has 0 saturated heterocycles. The van der Waals surface area contributed by atoms with Gasteiger partial charge in [0.25, 0.3) is 0 Å². The van der Waals surface area contributed by atoms with E-state index in [1.165, 1.54) is 47.9 Å². The summed E-state index contributed by atoms with van der Waals surface area (Å²) in [5, 5.41) is 0. The van der Waals surface area contributed by atoms with Crippen LogP contribution in [0.3, 0.4) is 0 Å². The number of hydrogen-bond donors (Lipinski definition) is 1. The largest absolute Gasteiger partial charge is 0.327 e. The van der Waals surface area contributed by atoms with Crippen LogP contribution in [0.2, 0.25) is 0 Å². The summed E-state index contributed by atoms with van der Waals surface area (Å²) in [7, 11) is 0.